The molecule has 5 rings (SSSR count). The van der Waals surface area contributed by atoms with Crippen LogP contribution in [-0.4, -0.2) is 89.8 Å². The van der Waals surface area contributed by atoms with E-state index in [1.54, 1.807) is 84.9 Å². The van der Waals surface area contributed by atoms with E-state index >= 15 is 0 Å². The first-order valence-corrected chi connectivity index (χ1v) is 21.8. The summed E-state index contributed by atoms with van der Waals surface area (Å²) in [5.74, 6) is -2.67. The predicted octanol–water partition coefficient (Wildman–Crippen LogP) is 4.61. The smallest absolute Gasteiger partial charge is 0.303 e. The summed E-state index contributed by atoms with van der Waals surface area (Å²) in [5, 5.41) is 0. The van der Waals surface area contributed by atoms with E-state index in [2.05, 4.69) is 0 Å². The fourth-order valence-corrected chi connectivity index (χ4v) is 7.66. The van der Waals surface area contributed by atoms with Crippen LogP contribution in [0.1, 0.15) is 49.9 Å². The van der Waals surface area contributed by atoms with Crippen molar-refractivity contribution in [2.75, 3.05) is 19.1 Å². The van der Waals surface area contributed by atoms with Gasteiger partial charge >= 0.3 is 17.9 Å². The summed E-state index contributed by atoms with van der Waals surface area (Å²) in [6, 6.07) is 26.6. The Bertz CT molecular complexity index is 2340. The number of carbonyl (C=O) groups excluding carboxylic acids is 4. The van der Waals surface area contributed by atoms with E-state index in [4.69, 9.17) is 28.4 Å². The molecule has 0 unspecified atom stereocenters. The maximum absolute atomic E-state index is 13.8. The van der Waals surface area contributed by atoms with E-state index in [-0.39, 0.29) is 15.5 Å². The summed E-state index contributed by atoms with van der Waals surface area (Å²) >= 11 is 0. The Morgan fingerprint density at radius 1 is 0.552 bits per heavy atom. The molecule has 308 valence electrons. The highest BCUT2D eigenvalue weighted by atomic mass is 32.2. The Morgan fingerprint density at radius 2 is 0.931 bits per heavy atom. The van der Waals surface area contributed by atoms with Gasteiger partial charge in [0.25, 0.3) is 0 Å². The highest BCUT2D eigenvalue weighted by Gasteiger charge is 2.63. The molecule has 0 N–H and O–H groups in total. The summed E-state index contributed by atoms with van der Waals surface area (Å²) in [5.41, 5.74) is 1.28. The van der Waals surface area contributed by atoms with Gasteiger partial charge in [-0.15, -0.1) is 0 Å². The van der Waals surface area contributed by atoms with Crippen molar-refractivity contribution in [3.05, 3.63) is 119 Å². The molecule has 0 amide bonds. The van der Waals surface area contributed by atoms with E-state index in [1.807, 2.05) is 0 Å². The van der Waals surface area contributed by atoms with E-state index < -0.39 is 80.2 Å². The molecule has 14 nitrogen and oxygen atoms in total. The topological polar surface area (TPSA) is 192 Å². The maximum Gasteiger partial charge on any atom is 0.303 e. The molecule has 1 aliphatic rings. The van der Waals surface area contributed by atoms with E-state index in [0.29, 0.717) is 18.6 Å². The fourth-order valence-electron chi connectivity index (χ4n) is 6.40. The van der Waals surface area contributed by atoms with Gasteiger partial charge in [-0.2, -0.15) is 0 Å². The molecule has 1 heterocycles. The van der Waals surface area contributed by atoms with Crippen molar-refractivity contribution in [3.8, 4) is 11.5 Å². The summed E-state index contributed by atoms with van der Waals surface area (Å²) in [7, 11) is -6.68. The summed E-state index contributed by atoms with van der Waals surface area (Å²) < 4.78 is 82.9. The van der Waals surface area contributed by atoms with Gasteiger partial charge in [0, 0.05) is 33.3 Å². The minimum absolute atomic E-state index is 0.205. The summed E-state index contributed by atoms with van der Waals surface area (Å²) in [6.45, 7) is 3.93. The molecule has 5 atom stereocenters. The SMILES string of the molecule is CC(=O)O[C@@H]1[C@@H](OC(C)=O)[C@@H](Oc2ccc(Cc3ccc(S(C)(=O)=O)cc3)cc2)O[C@@](COc2ccc(Cc3ccc(S(C)(=O)=O)cc3)cc2)(C(C)=O)[C@H]1OC(C)=O. The van der Waals surface area contributed by atoms with Crippen LogP contribution >= 0.6 is 0 Å². The average molecular weight is 837 g/mol. The molecule has 58 heavy (non-hydrogen) atoms. The summed E-state index contributed by atoms with van der Waals surface area (Å²) in [4.78, 5) is 51.7. The minimum Gasteiger partial charge on any atom is -0.490 e. The quantitative estimate of drug-likeness (QED) is 0.119. The molecule has 1 saturated heterocycles. The predicted molar refractivity (Wildman–Crippen MR) is 209 cm³/mol. The van der Waals surface area contributed by atoms with E-state index in [0.717, 1.165) is 55.5 Å². The number of benzene rings is 4. The second-order valence-corrected chi connectivity index (χ2v) is 18.0. The molecular formula is C42H44O14S2. The van der Waals surface area contributed by atoms with Crippen LogP contribution < -0.4 is 9.47 Å². The second-order valence-electron chi connectivity index (χ2n) is 14.0. The highest BCUT2D eigenvalue weighted by molar-refractivity contribution is 7.91. The number of carbonyl (C=O) groups is 4. The number of rotatable bonds is 15. The third-order valence-corrected chi connectivity index (χ3v) is 11.5. The van der Waals surface area contributed by atoms with Crippen LogP contribution in [0.3, 0.4) is 0 Å². The van der Waals surface area contributed by atoms with Gasteiger partial charge in [0.05, 0.1) is 9.79 Å². The zero-order chi connectivity index (χ0) is 42.4. The molecule has 0 aliphatic carbocycles. The third kappa shape index (κ3) is 11.1. The second kappa shape index (κ2) is 17.9. The summed E-state index contributed by atoms with van der Waals surface area (Å²) in [6.07, 6.45) is -3.17. The van der Waals surface area contributed by atoms with Gasteiger partial charge in [0.1, 0.15) is 18.1 Å². The number of Topliss-reactive ketones (excluding diaryl/α,β-unsaturated/α-hetero) is 1. The van der Waals surface area contributed by atoms with Crippen LogP contribution in [0, 0.1) is 0 Å². The average Bonchev–Trinajstić information content (AvgIpc) is 3.14. The van der Waals surface area contributed by atoms with Crippen LogP contribution in [0.4, 0.5) is 0 Å². The number of ketones is 1. The number of hydrogen-bond donors (Lipinski definition) is 0. The molecule has 0 bridgehead atoms. The zero-order valence-corrected chi connectivity index (χ0v) is 34.3. The molecule has 4 aromatic rings. The number of ether oxygens (including phenoxy) is 6. The first-order valence-electron chi connectivity index (χ1n) is 18.0. The van der Waals surface area contributed by atoms with Crippen molar-refractivity contribution in [1.29, 1.82) is 0 Å². The van der Waals surface area contributed by atoms with Crippen molar-refractivity contribution in [3.63, 3.8) is 0 Å². The lowest BCUT2D eigenvalue weighted by molar-refractivity contribution is -0.311. The van der Waals surface area contributed by atoms with Gasteiger partial charge < -0.3 is 28.4 Å². The first-order chi connectivity index (χ1) is 27.2. The standard InChI is InChI=1S/C42H44O14S2/c1-26(43)42(25-51-34-15-7-30(8-16-34)23-32-11-19-36(20-12-32)57(5,47)48)40(54-29(4)46)38(52-27(2)44)39(53-28(3)45)41(56-42)55-35-17-9-31(10-18-35)24-33-13-21-37(22-14-33)58(6,49)50/h7-22,38-41H,23-25H2,1-6H3/t38-,39-,40+,41+,42+/m1/s1. The molecule has 16 heteroatoms. The molecular weight excluding hydrogens is 793 g/mol. The van der Waals surface area contributed by atoms with Gasteiger partial charge in [-0.3, -0.25) is 19.2 Å². The molecule has 0 saturated carbocycles. The largest absolute Gasteiger partial charge is 0.490 e. The number of esters is 3. The van der Waals surface area contributed by atoms with Crippen molar-refractivity contribution >= 4 is 43.4 Å². The molecule has 0 radical (unpaired) electrons. The molecule has 0 aromatic heterocycles. The molecule has 4 aromatic carbocycles. The Morgan fingerprint density at radius 3 is 1.31 bits per heavy atom. The maximum atomic E-state index is 13.8. The lowest BCUT2D eigenvalue weighted by Gasteiger charge is -2.49. The van der Waals surface area contributed by atoms with Crippen LogP contribution in [0.15, 0.2) is 107 Å². The molecule has 1 aliphatic heterocycles. The van der Waals surface area contributed by atoms with Crippen molar-refractivity contribution in [2.24, 2.45) is 0 Å². The Hall–Kier alpha value is -5.58. The normalized spacial score (nSPS) is 20.7. The van der Waals surface area contributed by atoms with Crippen LogP contribution in [0.5, 0.6) is 11.5 Å². The molecule has 0 spiro atoms. The third-order valence-electron chi connectivity index (χ3n) is 9.24. The van der Waals surface area contributed by atoms with Crippen molar-refractivity contribution in [2.45, 2.75) is 80.5 Å². The van der Waals surface area contributed by atoms with E-state index in [1.165, 1.54) is 19.1 Å². The van der Waals surface area contributed by atoms with Crippen molar-refractivity contribution in [1.82, 2.24) is 0 Å². The van der Waals surface area contributed by atoms with Gasteiger partial charge in [0.2, 0.25) is 18.0 Å². The Kier molecular flexibility index (Phi) is 13.4. The van der Waals surface area contributed by atoms with E-state index in [9.17, 15) is 36.0 Å². The lowest BCUT2D eigenvalue weighted by Crippen LogP contribution is -2.72. The highest BCUT2D eigenvalue weighted by Crippen LogP contribution is 2.38. The number of hydrogen-bond acceptors (Lipinski definition) is 14. The van der Waals surface area contributed by atoms with Crippen LogP contribution in [0.25, 0.3) is 0 Å². The van der Waals surface area contributed by atoms with Crippen LogP contribution in [0.2, 0.25) is 0 Å². The molecule has 1 fully saturated rings. The fraction of sp³-hybridized carbons (Fsp3) is 0.333. The van der Waals surface area contributed by atoms with Gasteiger partial charge in [-0.1, -0.05) is 48.5 Å². The monoisotopic (exact) mass is 836 g/mol. The minimum atomic E-state index is -3.35. The Balaban J connectivity index is 1.42. The number of sulfone groups is 2. The van der Waals surface area contributed by atoms with Crippen LogP contribution in [-0.2, 0) is 70.6 Å². The van der Waals surface area contributed by atoms with Gasteiger partial charge in [-0.25, -0.2) is 16.8 Å². The Labute approximate surface area is 337 Å². The van der Waals surface area contributed by atoms with Crippen molar-refractivity contribution < 1.29 is 64.4 Å². The van der Waals surface area contributed by atoms with Gasteiger partial charge in [0.15, 0.2) is 37.7 Å². The lowest BCUT2D eigenvalue weighted by atomic mass is 9.83. The zero-order valence-electron chi connectivity index (χ0n) is 32.7. The van der Waals surface area contributed by atoms with Gasteiger partial charge in [-0.05, 0) is 90.6 Å². The first kappa shape index (κ1) is 43.5.